The number of hydrogen-bond acceptors (Lipinski definition) is 5. The number of cyclic esters (lactones) is 1. The molecule has 1 aliphatic heterocycles. The third kappa shape index (κ3) is 3.56. The van der Waals surface area contributed by atoms with Crippen molar-refractivity contribution in [3.8, 4) is 5.75 Å². The van der Waals surface area contributed by atoms with Crippen molar-refractivity contribution in [2.45, 2.75) is 43.3 Å². The van der Waals surface area contributed by atoms with Crippen LogP contribution in [-0.4, -0.2) is 32.3 Å². The predicted molar refractivity (Wildman–Crippen MR) is 107 cm³/mol. The number of hydrogen-bond donors (Lipinski definition) is 0. The Morgan fingerprint density at radius 2 is 1.54 bits per heavy atom. The highest BCUT2D eigenvalue weighted by Crippen LogP contribution is 2.44. The van der Waals surface area contributed by atoms with Gasteiger partial charge in [-0.2, -0.15) is 0 Å². The third-order valence-electron chi connectivity index (χ3n) is 4.95. The zero-order chi connectivity index (χ0) is 20.1. The number of sulfone groups is 1. The van der Waals surface area contributed by atoms with Crippen LogP contribution in [0.3, 0.4) is 0 Å². The van der Waals surface area contributed by atoms with E-state index in [1.54, 1.807) is 24.3 Å². The van der Waals surface area contributed by atoms with Gasteiger partial charge in [0.2, 0.25) is 0 Å². The summed E-state index contributed by atoms with van der Waals surface area (Å²) in [5.41, 5.74) is 1.93. The molecule has 1 fully saturated rings. The molecular formula is C22H22O5S. The van der Waals surface area contributed by atoms with Gasteiger partial charge in [-0.25, -0.2) is 13.2 Å². The Morgan fingerprint density at radius 1 is 0.964 bits per heavy atom. The SMILES string of the molecule is CC1(C)OC(=O)C(c2ccc(OC3CC3)cc2)=C1c1ccc(S(C)(=O)=O)cc1. The van der Waals surface area contributed by atoms with Crippen LogP contribution in [0.15, 0.2) is 53.4 Å². The van der Waals surface area contributed by atoms with Gasteiger partial charge < -0.3 is 9.47 Å². The minimum absolute atomic E-state index is 0.239. The van der Waals surface area contributed by atoms with E-state index in [0.29, 0.717) is 11.7 Å². The molecule has 1 aliphatic carbocycles. The molecule has 1 heterocycles. The molecule has 146 valence electrons. The smallest absolute Gasteiger partial charge is 0.340 e. The Bertz CT molecular complexity index is 1060. The summed E-state index contributed by atoms with van der Waals surface area (Å²) in [6.07, 6.45) is 3.65. The minimum atomic E-state index is -3.29. The molecule has 6 heteroatoms. The number of carbonyl (C=O) groups is 1. The molecule has 4 rings (SSSR count). The summed E-state index contributed by atoms with van der Waals surface area (Å²) in [5.74, 6) is 0.402. The molecule has 0 bridgehead atoms. The summed E-state index contributed by atoms with van der Waals surface area (Å²) in [5, 5.41) is 0. The number of rotatable bonds is 5. The van der Waals surface area contributed by atoms with Crippen LogP contribution < -0.4 is 4.74 Å². The van der Waals surface area contributed by atoms with Crippen molar-refractivity contribution < 1.29 is 22.7 Å². The third-order valence-corrected chi connectivity index (χ3v) is 6.07. The summed E-state index contributed by atoms with van der Waals surface area (Å²) < 4.78 is 34.9. The summed E-state index contributed by atoms with van der Waals surface area (Å²) in [7, 11) is -3.29. The van der Waals surface area contributed by atoms with E-state index in [0.717, 1.165) is 35.3 Å². The average molecular weight is 398 g/mol. The van der Waals surface area contributed by atoms with Crippen LogP contribution in [0.4, 0.5) is 0 Å². The Hall–Kier alpha value is -2.60. The van der Waals surface area contributed by atoms with Crippen LogP contribution in [0.2, 0.25) is 0 Å². The molecule has 0 saturated heterocycles. The highest BCUT2D eigenvalue weighted by atomic mass is 32.2. The van der Waals surface area contributed by atoms with Crippen molar-refractivity contribution in [3.63, 3.8) is 0 Å². The zero-order valence-corrected chi connectivity index (χ0v) is 16.9. The van der Waals surface area contributed by atoms with Gasteiger partial charge in [-0.1, -0.05) is 24.3 Å². The monoisotopic (exact) mass is 398 g/mol. The van der Waals surface area contributed by atoms with Crippen LogP contribution in [0, 0.1) is 0 Å². The minimum Gasteiger partial charge on any atom is -0.490 e. The average Bonchev–Trinajstić information content (AvgIpc) is 3.39. The molecule has 0 spiro atoms. The van der Waals surface area contributed by atoms with Crippen LogP contribution in [0.1, 0.15) is 37.8 Å². The van der Waals surface area contributed by atoms with Gasteiger partial charge in [0.05, 0.1) is 16.6 Å². The van der Waals surface area contributed by atoms with Gasteiger partial charge in [-0.3, -0.25) is 0 Å². The Labute approximate surface area is 164 Å². The maximum atomic E-state index is 12.7. The van der Waals surface area contributed by atoms with Crippen molar-refractivity contribution in [1.29, 1.82) is 0 Å². The fraction of sp³-hybridized carbons (Fsp3) is 0.318. The molecule has 0 N–H and O–H groups in total. The van der Waals surface area contributed by atoms with Crippen LogP contribution in [-0.2, 0) is 19.4 Å². The molecule has 28 heavy (non-hydrogen) atoms. The van der Waals surface area contributed by atoms with Crippen molar-refractivity contribution in [3.05, 3.63) is 59.7 Å². The lowest BCUT2D eigenvalue weighted by atomic mass is 9.87. The van der Waals surface area contributed by atoms with Gasteiger partial charge in [0.1, 0.15) is 11.4 Å². The van der Waals surface area contributed by atoms with Gasteiger partial charge in [0.15, 0.2) is 9.84 Å². The number of esters is 1. The second kappa shape index (κ2) is 6.48. The van der Waals surface area contributed by atoms with Crippen molar-refractivity contribution in [1.82, 2.24) is 0 Å². The molecule has 5 nitrogen and oxygen atoms in total. The van der Waals surface area contributed by atoms with E-state index in [1.807, 2.05) is 38.1 Å². The Morgan fingerprint density at radius 3 is 2.07 bits per heavy atom. The van der Waals surface area contributed by atoms with Crippen LogP contribution in [0.5, 0.6) is 5.75 Å². The second-order valence-corrected chi connectivity index (χ2v) is 9.80. The first kappa shape index (κ1) is 18.7. The van der Waals surface area contributed by atoms with E-state index in [-0.39, 0.29) is 10.9 Å². The lowest BCUT2D eigenvalue weighted by molar-refractivity contribution is -0.141. The van der Waals surface area contributed by atoms with Gasteiger partial charge in [0.25, 0.3) is 0 Å². The van der Waals surface area contributed by atoms with E-state index in [1.165, 1.54) is 6.26 Å². The summed E-state index contributed by atoms with van der Waals surface area (Å²) in [6.45, 7) is 3.67. The first-order valence-corrected chi connectivity index (χ1v) is 11.1. The Balaban J connectivity index is 1.77. The zero-order valence-electron chi connectivity index (χ0n) is 16.1. The molecule has 0 amide bonds. The lowest BCUT2D eigenvalue weighted by Crippen LogP contribution is -2.22. The number of benzene rings is 2. The van der Waals surface area contributed by atoms with Gasteiger partial charge in [0, 0.05) is 11.8 Å². The fourth-order valence-electron chi connectivity index (χ4n) is 3.44. The molecule has 0 radical (unpaired) electrons. The standard InChI is InChI=1S/C22H22O5S/c1-22(2)20(15-6-12-18(13-7-15)28(3,24)25)19(21(23)27-22)14-4-8-16(9-5-14)26-17-10-11-17/h4-9,12-13,17H,10-11H2,1-3H3. The molecule has 0 aromatic heterocycles. The highest BCUT2D eigenvalue weighted by molar-refractivity contribution is 7.90. The predicted octanol–water partition coefficient (Wildman–Crippen LogP) is 3.88. The summed E-state index contributed by atoms with van der Waals surface area (Å²) in [4.78, 5) is 12.9. The van der Waals surface area contributed by atoms with E-state index in [9.17, 15) is 13.2 Å². The van der Waals surface area contributed by atoms with Gasteiger partial charge in [-0.05, 0) is 62.1 Å². The van der Waals surface area contributed by atoms with Gasteiger partial charge >= 0.3 is 5.97 Å². The molecular weight excluding hydrogens is 376 g/mol. The van der Waals surface area contributed by atoms with E-state index >= 15 is 0 Å². The lowest BCUT2D eigenvalue weighted by Gasteiger charge is -2.21. The Kier molecular flexibility index (Phi) is 4.34. The van der Waals surface area contributed by atoms with E-state index in [4.69, 9.17) is 9.47 Å². The summed E-state index contributed by atoms with van der Waals surface area (Å²) in [6, 6.07) is 14.0. The first-order chi connectivity index (χ1) is 13.1. The van der Waals surface area contributed by atoms with Crippen molar-refractivity contribution in [2.75, 3.05) is 6.26 Å². The number of carbonyl (C=O) groups excluding carboxylic acids is 1. The maximum absolute atomic E-state index is 12.7. The second-order valence-electron chi connectivity index (χ2n) is 7.79. The molecule has 2 aromatic carbocycles. The first-order valence-electron chi connectivity index (χ1n) is 9.21. The number of ether oxygens (including phenoxy) is 2. The van der Waals surface area contributed by atoms with Gasteiger partial charge in [-0.15, -0.1) is 0 Å². The normalized spacial score (nSPS) is 18.9. The van der Waals surface area contributed by atoms with Crippen molar-refractivity contribution >= 4 is 27.0 Å². The highest BCUT2D eigenvalue weighted by Gasteiger charge is 2.41. The van der Waals surface area contributed by atoms with E-state index < -0.39 is 15.4 Å². The van der Waals surface area contributed by atoms with Crippen LogP contribution >= 0.6 is 0 Å². The largest absolute Gasteiger partial charge is 0.490 e. The molecule has 2 aliphatic rings. The molecule has 0 unspecified atom stereocenters. The van der Waals surface area contributed by atoms with Crippen LogP contribution in [0.25, 0.3) is 11.1 Å². The molecule has 0 atom stereocenters. The van der Waals surface area contributed by atoms with E-state index in [2.05, 4.69) is 0 Å². The topological polar surface area (TPSA) is 69.7 Å². The molecule has 1 saturated carbocycles. The van der Waals surface area contributed by atoms with Crippen molar-refractivity contribution in [2.24, 2.45) is 0 Å². The molecule has 2 aromatic rings. The quantitative estimate of drug-likeness (QED) is 0.715. The fourth-order valence-corrected chi connectivity index (χ4v) is 4.07. The summed E-state index contributed by atoms with van der Waals surface area (Å²) >= 11 is 0. The maximum Gasteiger partial charge on any atom is 0.340 e.